The van der Waals surface area contributed by atoms with Crippen LogP contribution in [0.2, 0.25) is 0 Å². The van der Waals surface area contributed by atoms with Crippen molar-refractivity contribution in [3.05, 3.63) is 84.1 Å². The molecule has 4 aromatic rings. The second kappa shape index (κ2) is 8.41. The SMILES string of the molecule is CN(C)Cc1ccc(-c2ccc(-c3cnc4ccc(C(=O)NO)cc4n3)cc2)cc1. The van der Waals surface area contributed by atoms with E-state index in [0.717, 1.165) is 28.9 Å². The number of aromatic nitrogens is 2. The van der Waals surface area contributed by atoms with E-state index in [1.54, 1.807) is 29.9 Å². The Bertz CT molecular complexity index is 1190. The van der Waals surface area contributed by atoms with Crippen molar-refractivity contribution >= 4 is 16.9 Å². The number of rotatable bonds is 5. The lowest BCUT2D eigenvalue weighted by Gasteiger charge is -2.10. The average molecular weight is 398 g/mol. The number of amides is 1. The molecule has 150 valence electrons. The number of carbonyl (C=O) groups is 1. The molecule has 3 aromatic carbocycles. The first kappa shape index (κ1) is 19.7. The number of hydroxylamine groups is 1. The fourth-order valence-corrected chi connectivity index (χ4v) is 3.36. The molecule has 30 heavy (non-hydrogen) atoms. The molecule has 1 amide bonds. The van der Waals surface area contributed by atoms with E-state index < -0.39 is 5.91 Å². The van der Waals surface area contributed by atoms with Crippen LogP contribution in [-0.4, -0.2) is 40.1 Å². The monoisotopic (exact) mass is 398 g/mol. The van der Waals surface area contributed by atoms with Crippen molar-refractivity contribution < 1.29 is 10.0 Å². The third-order valence-corrected chi connectivity index (χ3v) is 4.87. The minimum Gasteiger partial charge on any atom is -0.305 e. The molecule has 0 spiro atoms. The molecule has 0 radical (unpaired) electrons. The molecule has 0 aliphatic carbocycles. The van der Waals surface area contributed by atoms with Crippen LogP contribution in [0.15, 0.2) is 72.9 Å². The third kappa shape index (κ3) is 4.20. The molecule has 0 atom stereocenters. The van der Waals surface area contributed by atoms with Gasteiger partial charge in [-0.05, 0) is 49.0 Å². The zero-order chi connectivity index (χ0) is 21.1. The number of nitrogens with one attached hydrogen (secondary N) is 1. The van der Waals surface area contributed by atoms with E-state index in [9.17, 15) is 4.79 Å². The molecule has 0 unspecified atom stereocenters. The quantitative estimate of drug-likeness (QED) is 0.390. The molecular formula is C24H22N4O2. The van der Waals surface area contributed by atoms with E-state index in [4.69, 9.17) is 5.21 Å². The Morgan fingerprint density at radius 2 is 1.53 bits per heavy atom. The molecular weight excluding hydrogens is 376 g/mol. The molecule has 0 saturated heterocycles. The van der Waals surface area contributed by atoms with Crippen LogP contribution in [0.1, 0.15) is 15.9 Å². The second-order valence-corrected chi connectivity index (χ2v) is 7.41. The molecule has 1 heterocycles. The van der Waals surface area contributed by atoms with Gasteiger partial charge in [0.25, 0.3) is 5.91 Å². The van der Waals surface area contributed by atoms with E-state index in [1.807, 2.05) is 12.1 Å². The molecule has 0 fully saturated rings. The van der Waals surface area contributed by atoms with Gasteiger partial charge in [-0.25, -0.2) is 10.5 Å². The van der Waals surface area contributed by atoms with Gasteiger partial charge in [0.2, 0.25) is 0 Å². The van der Waals surface area contributed by atoms with Gasteiger partial charge in [-0.2, -0.15) is 0 Å². The van der Waals surface area contributed by atoms with Crippen molar-refractivity contribution in [1.82, 2.24) is 20.3 Å². The van der Waals surface area contributed by atoms with Crippen molar-refractivity contribution in [3.63, 3.8) is 0 Å². The lowest BCUT2D eigenvalue weighted by molar-refractivity contribution is 0.0706. The molecule has 2 N–H and O–H groups in total. The number of nitrogens with zero attached hydrogens (tertiary/aromatic N) is 3. The predicted octanol–water partition coefficient (Wildman–Crippen LogP) is 4.14. The van der Waals surface area contributed by atoms with E-state index in [-0.39, 0.29) is 0 Å². The molecule has 0 saturated carbocycles. The maximum Gasteiger partial charge on any atom is 0.274 e. The highest BCUT2D eigenvalue weighted by Crippen LogP contribution is 2.25. The summed E-state index contributed by atoms with van der Waals surface area (Å²) in [5.74, 6) is -0.579. The minimum absolute atomic E-state index is 0.324. The first-order valence-corrected chi connectivity index (χ1v) is 9.59. The summed E-state index contributed by atoms with van der Waals surface area (Å²) in [7, 11) is 4.12. The summed E-state index contributed by atoms with van der Waals surface area (Å²) in [6.07, 6.45) is 1.72. The molecule has 1 aromatic heterocycles. The van der Waals surface area contributed by atoms with Gasteiger partial charge in [0.05, 0.1) is 22.9 Å². The number of hydrogen-bond donors (Lipinski definition) is 2. The van der Waals surface area contributed by atoms with Gasteiger partial charge in [0, 0.05) is 17.7 Å². The fourth-order valence-electron chi connectivity index (χ4n) is 3.36. The predicted molar refractivity (Wildman–Crippen MR) is 117 cm³/mol. The average Bonchev–Trinajstić information content (AvgIpc) is 2.78. The Kier molecular flexibility index (Phi) is 5.52. The Labute approximate surface area is 174 Å². The molecule has 4 rings (SSSR count). The van der Waals surface area contributed by atoms with Crippen LogP contribution in [0.25, 0.3) is 33.4 Å². The van der Waals surface area contributed by atoms with Gasteiger partial charge in [-0.1, -0.05) is 48.5 Å². The number of carbonyl (C=O) groups excluding carboxylic acids is 1. The highest BCUT2D eigenvalue weighted by molar-refractivity contribution is 5.96. The van der Waals surface area contributed by atoms with Crippen LogP contribution in [0.5, 0.6) is 0 Å². The molecule has 6 nitrogen and oxygen atoms in total. The van der Waals surface area contributed by atoms with Crippen LogP contribution in [-0.2, 0) is 6.54 Å². The van der Waals surface area contributed by atoms with E-state index in [2.05, 4.69) is 65.4 Å². The Balaban J connectivity index is 1.60. The topological polar surface area (TPSA) is 78.4 Å². The van der Waals surface area contributed by atoms with Gasteiger partial charge >= 0.3 is 0 Å². The maximum atomic E-state index is 11.6. The van der Waals surface area contributed by atoms with Crippen LogP contribution in [0, 0.1) is 0 Å². The van der Waals surface area contributed by atoms with Gasteiger partial charge in [-0.15, -0.1) is 0 Å². The summed E-state index contributed by atoms with van der Waals surface area (Å²) in [5.41, 5.74) is 8.46. The van der Waals surface area contributed by atoms with Gasteiger partial charge < -0.3 is 4.90 Å². The first-order chi connectivity index (χ1) is 14.5. The summed E-state index contributed by atoms with van der Waals surface area (Å²) in [5, 5.41) is 8.83. The van der Waals surface area contributed by atoms with Crippen molar-refractivity contribution in [1.29, 1.82) is 0 Å². The maximum absolute atomic E-state index is 11.6. The molecule has 0 aliphatic rings. The van der Waals surface area contributed by atoms with Crippen molar-refractivity contribution in [3.8, 4) is 22.4 Å². The van der Waals surface area contributed by atoms with Crippen LogP contribution in [0.3, 0.4) is 0 Å². The second-order valence-electron chi connectivity index (χ2n) is 7.41. The highest BCUT2D eigenvalue weighted by Gasteiger charge is 2.08. The first-order valence-electron chi connectivity index (χ1n) is 9.59. The van der Waals surface area contributed by atoms with Crippen molar-refractivity contribution in [2.75, 3.05) is 14.1 Å². The fraction of sp³-hybridized carbons (Fsp3) is 0.125. The zero-order valence-corrected chi connectivity index (χ0v) is 16.8. The molecule has 0 bridgehead atoms. The summed E-state index contributed by atoms with van der Waals surface area (Å²) in [6.45, 7) is 0.918. The zero-order valence-electron chi connectivity index (χ0n) is 16.8. The summed E-state index contributed by atoms with van der Waals surface area (Å²) >= 11 is 0. The van der Waals surface area contributed by atoms with Crippen LogP contribution in [0.4, 0.5) is 0 Å². The van der Waals surface area contributed by atoms with E-state index in [0.29, 0.717) is 16.6 Å². The summed E-state index contributed by atoms with van der Waals surface area (Å²) in [4.78, 5) is 22.9. The lowest BCUT2D eigenvalue weighted by Crippen LogP contribution is -2.18. The largest absolute Gasteiger partial charge is 0.305 e. The summed E-state index contributed by atoms with van der Waals surface area (Å²) < 4.78 is 0. The van der Waals surface area contributed by atoms with Crippen LogP contribution >= 0.6 is 0 Å². The summed E-state index contributed by atoms with van der Waals surface area (Å²) in [6, 6.07) is 21.7. The normalized spacial score (nSPS) is 11.1. The van der Waals surface area contributed by atoms with Crippen LogP contribution < -0.4 is 5.48 Å². The number of hydrogen-bond acceptors (Lipinski definition) is 5. The Hall–Kier alpha value is -3.61. The lowest BCUT2D eigenvalue weighted by atomic mass is 10.0. The van der Waals surface area contributed by atoms with E-state index in [1.165, 1.54) is 5.56 Å². The Morgan fingerprint density at radius 1 is 0.900 bits per heavy atom. The molecule has 0 aliphatic heterocycles. The molecule has 6 heteroatoms. The Morgan fingerprint density at radius 3 is 2.17 bits per heavy atom. The number of fused-ring (bicyclic) bond motifs is 1. The van der Waals surface area contributed by atoms with Gasteiger partial charge in [-0.3, -0.25) is 15.0 Å². The van der Waals surface area contributed by atoms with E-state index >= 15 is 0 Å². The van der Waals surface area contributed by atoms with Crippen molar-refractivity contribution in [2.24, 2.45) is 0 Å². The van der Waals surface area contributed by atoms with Crippen molar-refractivity contribution in [2.45, 2.75) is 6.54 Å². The smallest absolute Gasteiger partial charge is 0.274 e. The van der Waals surface area contributed by atoms with Gasteiger partial charge in [0.15, 0.2) is 0 Å². The third-order valence-electron chi connectivity index (χ3n) is 4.87. The minimum atomic E-state index is -0.579. The number of benzene rings is 3. The van der Waals surface area contributed by atoms with Gasteiger partial charge in [0.1, 0.15) is 0 Å². The standard InChI is InChI=1S/C24H22N4O2/c1-28(2)15-16-3-5-17(6-4-16)18-7-9-19(10-8-18)23-14-25-21-12-11-20(24(29)27-30)13-22(21)26-23/h3-14,30H,15H2,1-2H3,(H,27,29). The highest BCUT2D eigenvalue weighted by atomic mass is 16.5.